The first-order valence-electron chi connectivity index (χ1n) is 6.74. The van der Waals surface area contributed by atoms with Crippen molar-refractivity contribution >= 4 is 0 Å². The van der Waals surface area contributed by atoms with E-state index in [1.54, 1.807) is 0 Å². The zero-order chi connectivity index (χ0) is 12.5. The maximum Gasteiger partial charge on any atom is 0.0670 e. The van der Waals surface area contributed by atoms with Crippen LogP contribution in [0, 0.1) is 18.3 Å². The number of hydrogen-bond donors (Lipinski definition) is 0. The van der Waals surface area contributed by atoms with E-state index in [4.69, 9.17) is 5.10 Å². The maximum atomic E-state index is 4.82. The van der Waals surface area contributed by atoms with E-state index in [0.717, 1.165) is 11.8 Å². The normalized spacial score (nSPS) is 26.8. The second kappa shape index (κ2) is 3.05. The number of benzene rings is 1. The molecule has 92 valence electrons. The average molecular weight is 238 g/mol. The van der Waals surface area contributed by atoms with Gasteiger partial charge in [-0.25, -0.2) is 4.68 Å². The first-order valence-corrected chi connectivity index (χ1v) is 6.74. The van der Waals surface area contributed by atoms with Gasteiger partial charge in [-0.1, -0.05) is 32.0 Å². The van der Waals surface area contributed by atoms with Crippen LogP contribution in [-0.2, 0) is 6.42 Å². The van der Waals surface area contributed by atoms with Crippen molar-refractivity contribution in [1.29, 1.82) is 0 Å². The van der Waals surface area contributed by atoms with Crippen molar-refractivity contribution in [2.75, 3.05) is 0 Å². The molecule has 0 unspecified atom stereocenters. The standard InChI is InChI=1S/C16H18N2/c1-10-14-13(9-12-15(14)16(12,2)3)17-18(10)11-7-5-4-6-8-11/h4-8,12,15H,9H2,1-3H3/t12-,15+/m1/s1. The second-order valence-corrected chi connectivity index (χ2v) is 6.30. The van der Waals surface area contributed by atoms with Crippen molar-refractivity contribution in [1.82, 2.24) is 9.78 Å². The highest BCUT2D eigenvalue weighted by Crippen LogP contribution is 2.70. The molecule has 0 aliphatic heterocycles. The summed E-state index contributed by atoms with van der Waals surface area (Å²) in [5.74, 6) is 1.60. The van der Waals surface area contributed by atoms with E-state index < -0.39 is 0 Å². The molecular weight excluding hydrogens is 220 g/mol. The fourth-order valence-electron chi connectivity index (χ4n) is 3.85. The summed E-state index contributed by atoms with van der Waals surface area (Å²) in [6, 6.07) is 10.5. The molecule has 0 amide bonds. The van der Waals surface area contributed by atoms with E-state index in [1.165, 1.54) is 29.1 Å². The molecule has 1 fully saturated rings. The zero-order valence-corrected chi connectivity index (χ0v) is 11.1. The lowest BCUT2D eigenvalue weighted by molar-refractivity contribution is 0.536. The highest BCUT2D eigenvalue weighted by Gasteiger charge is 2.63. The van der Waals surface area contributed by atoms with Gasteiger partial charge in [0.15, 0.2) is 0 Å². The van der Waals surface area contributed by atoms with Crippen LogP contribution < -0.4 is 0 Å². The van der Waals surface area contributed by atoms with Crippen molar-refractivity contribution in [3.63, 3.8) is 0 Å². The van der Waals surface area contributed by atoms with Crippen LogP contribution in [0.15, 0.2) is 30.3 Å². The van der Waals surface area contributed by atoms with Crippen molar-refractivity contribution in [3.8, 4) is 5.69 Å². The molecule has 0 spiro atoms. The summed E-state index contributed by atoms with van der Waals surface area (Å²) < 4.78 is 2.12. The molecule has 4 rings (SSSR count). The lowest BCUT2D eigenvalue weighted by Gasteiger charge is -2.07. The Morgan fingerprint density at radius 1 is 1.22 bits per heavy atom. The number of fused-ring (bicyclic) bond motifs is 3. The molecule has 1 heterocycles. The third-order valence-corrected chi connectivity index (χ3v) is 5.01. The van der Waals surface area contributed by atoms with Gasteiger partial charge >= 0.3 is 0 Å². The minimum atomic E-state index is 0.502. The Hall–Kier alpha value is -1.57. The lowest BCUT2D eigenvalue weighted by Crippen LogP contribution is -2.00. The number of hydrogen-bond acceptors (Lipinski definition) is 1. The average Bonchev–Trinajstić information content (AvgIpc) is 2.72. The molecule has 2 aromatic rings. The Morgan fingerprint density at radius 2 is 1.94 bits per heavy atom. The van der Waals surface area contributed by atoms with E-state index in [2.05, 4.69) is 55.8 Å². The van der Waals surface area contributed by atoms with Crippen molar-refractivity contribution in [3.05, 3.63) is 47.3 Å². The lowest BCUT2D eigenvalue weighted by atomic mass is 9.98. The minimum absolute atomic E-state index is 0.502. The molecule has 1 aromatic heterocycles. The third-order valence-electron chi connectivity index (χ3n) is 5.01. The van der Waals surface area contributed by atoms with Crippen LogP contribution in [0.4, 0.5) is 0 Å². The van der Waals surface area contributed by atoms with Gasteiger partial charge in [-0.05, 0) is 42.7 Å². The van der Waals surface area contributed by atoms with Crippen LogP contribution in [0.3, 0.4) is 0 Å². The van der Waals surface area contributed by atoms with Gasteiger partial charge in [-0.3, -0.25) is 0 Å². The highest BCUT2D eigenvalue weighted by atomic mass is 15.3. The van der Waals surface area contributed by atoms with Crippen LogP contribution in [0.5, 0.6) is 0 Å². The van der Waals surface area contributed by atoms with Gasteiger partial charge in [-0.2, -0.15) is 5.10 Å². The number of aromatic nitrogens is 2. The van der Waals surface area contributed by atoms with Crippen LogP contribution in [0.1, 0.15) is 36.7 Å². The van der Waals surface area contributed by atoms with Gasteiger partial charge in [0.25, 0.3) is 0 Å². The summed E-state index contributed by atoms with van der Waals surface area (Å²) in [6.07, 6.45) is 1.17. The monoisotopic (exact) mass is 238 g/mol. The Morgan fingerprint density at radius 3 is 2.67 bits per heavy atom. The van der Waals surface area contributed by atoms with Gasteiger partial charge in [0, 0.05) is 11.3 Å². The highest BCUT2D eigenvalue weighted by molar-refractivity contribution is 5.48. The molecule has 2 atom stereocenters. The molecule has 0 saturated heterocycles. The SMILES string of the molecule is Cc1c2c(nn1-c1ccccc1)C[C@@H]1[C@@H]2C1(C)C. The number of nitrogens with zero attached hydrogens (tertiary/aromatic N) is 2. The molecule has 2 aliphatic carbocycles. The molecule has 2 nitrogen and oxygen atoms in total. The number of para-hydroxylation sites is 1. The molecule has 1 saturated carbocycles. The predicted octanol–water partition coefficient (Wildman–Crippen LogP) is 3.48. The Balaban J connectivity index is 1.84. The van der Waals surface area contributed by atoms with E-state index in [0.29, 0.717) is 5.41 Å². The molecule has 2 heteroatoms. The molecule has 0 bridgehead atoms. The number of rotatable bonds is 1. The summed E-state index contributed by atoms with van der Waals surface area (Å²) >= 11 is 0. The van der Waals surface area contributed by atoms with Gasteiger partial charge in [0.2, 0.25) is 0 Å². The smallest absolute Gasteiger partial charge is 0.0670 e. The fourth-order valence-corrected chi connectivity index (χ4v) is 3.85. The third kappa shape index (κ3) is 1.11. The second-order valence-electron chi connectivity index (χ2n) is 6.30. The largest absolute Gasteiger partial charge is 0.238 e. The van der Waals surface area contributed by atoms with Crippen LogP contribution >= 0.6 is 0 Å². The quantitative estimate of drug-likeness (QED) is 0.743. The Bertz CT molecular complexity index is 622. The topological polar surface area (TPSA) is 17.8 Å². The van der Waals surface area contributed by atoms with E-state index >= 15 is 0 Å². The van der Waals surface area contributed by atoms with Crippen molar-refractivity contribution < 1.29 is 0 Å². The van der Waals surface area contributed by atoms with Gasteiger partial charge in [0.1, 0.15) is 0 Å². The maximum absolute atomic E-state index is 4.82. The van der Waals surface area contributed by atoms with E-state index in [9.17, 15) is 0 Å². The summed E-state index contributed by atoms with van der Waals surface area (Å²) in [5, 5.41) is 4.82. The first-order chi connectivity index (χ1) is 8.60. The van der Waals surface area contributed by atoms with Crippen LogP contribution in [0.25, 0.3) is 5.69 Å². The first kappa shape index (κ1) is 10.4. The van der Waals surface area contributed by atoms with E-state index in [1.807, 2.05) is 0 Å². The molecular formula is C16H18N2. The van der Waals surface area contributed by atoms with E-state index in [-0.39, 0.29) is 0 Å². The fraction of sp³-hybridized carbons (Fsp3) is 0.438. The molecule has 0 radical (unpaired) electrons. The molecule has 2 aliphatic rings. The van der Waals surface area contributed by atoms with Gasteiger partial charge in [0.05, 0.1) is 11.4 Å². The van der Waals surface area contributed by atoms with Gasteiger partial charge in [-0.15, -0.1) is 0 Å². The predicted molar refractivity (Wildman–Crippen MR) is 72.0 cm³/mol. The van der Waals surface area contributed by atoms with Crippen molar-refractivity contribution in [2.45, 2.75) is 33.1 Å². The summed E-state index contributed by atoms with van der Waals surface area (Å²) in [7, 11) is 0. The van der Waals surface area contributed by atoms with Crippen LogP contribution in [-0.4, -0.2) is 9.78 Å². The summed E-state index contributed by atoms with van der Waals surface area (Å²) in [5.41, 5.74) is 5.90. The molecule has 1 aromatic carbocycles. The summed E-state index contributed by atoms with van der Waals surface area (Å²) in [4.78, 5) is 0. The van der Waals surface area contributed by atoms with Crippen LogP contribution in [0.2, 0.25) is 0 Å². The zero-order valence-electron chi connectivity index (χ0n) is 11.1. The van der Waals surface area contributed by atoms with Gasteiger partial charge < -0.3 is 0 Å². The Kier molecular flexibility index (Phi) is 1.76. The molecule has 18 heavy (non-hydrogen) atoms. The summed E-state index contributed by atoms with van der Waals surface area (Å²) in [6.45, 7) is 7.00. The molecule has 0 N–H and O–H groups in total. The van der Waals surface area contributed by atoms with Crippen molar-refractivity contribution in [2.24, 2.45) is 11.3 Å². The Labute approximate surface area is 108 Å². The minimum Gasteiger partial charge on any atom is -0.238 e.